The van der Waals surface area contributed by atoms with Crippen molar-refractivity contribution in [3.05, 3.63) is 59.9 Å². The van der Waals surface area contributed by atoms with Crippen LogP contribution in [0.15, 0.2) is 48.5 Å². The van der Waals surface area contributed by atoms with Crippen molar-refractivity contribution >= 4 is 23.3 Å². The third kappa shape index (κ3) is 3.08. The summed E-state index contributed by atoms with van der Waals surface area (Å²) in [6.07, 6.45) is 2.29. The summed E-state index contributed by atoms with van der Waals surface area (Å²) < 4.78 is 13.5. The molecule has 0 heterocycles. The molecular formula is C18H18FN3O2. The molecule has 1 aliphatic rings. The van der Waals surface area contributed by atoms with Crippen molar-refractivity contribution in [1.82, 2.24) is 0 Å². The van der Waals surface area contributed by atoms with Crippen LogP contribution >= 0.6 is 0 Å². The van der Waals surface area contributed by atoms with Crippen LogP contribution < -0.4 is 16.4 Å². The van der Waals surface area contributed by atoms with Gasteiger partial charge in [-0.15, -0.1) is 0 Å². The summed E-state index contributed by atoms with van der Waals surface area (Å²) in [6, 6.07) is 12.2. The number of anilines is 2. The standard InChI is InChI=1S/C18H18FN3O2/c19-13-5-1-4-12(10-13)18(8-3-9-18)16(23)21-14-6-2-7-15(11-14)22-17(20)24/h1-2,4-7,10-11H,3,8-9H2,(H,21,23)(H3,20,22,24). The fraction of sp³-hybridized carbons (Fsp3) is 0.222. The molecule has 0 saturated heterocycles. The summed E-state index contributed by atoms with van der Waals surface area (Å²) in [4.78, 5) is 23.7. The highest BCUT2D eigenvalue weighted by atomic mass is 19.1. The Morgan fingerprint density at radius 2 is 1.67 bits per heavy atom. The lowest BCUT2D eigenvalue weighted by Crippen LogP contribution is -2.46. The molecule has 0 radical (unpaired) electrons. The van der Waals surface area contributed by atoms with Gasteiger partial charge in [0.15, 0.2) is 0 Å². The van der Waals surface area contributed by atoms with Crippen LogP contribution in [0.25, 0.3) is 0 Å². The van der Waals surface area contributed by atoms with Gasteiger partial charge in [0.2, 0.25) is 5.91 Å². The first-order chi connectivity index (χ1) is 11.5. The molecule has 2 aromatic carbocycles. The first kappa shape index (κ1) is 16.0. The predicted molar refractivity (Wildman–Crippen MR) is 90.2 cm³/mol. The Balaban J connectivity index is 1.82. The maximum absolute atomic E-state index is 13.5. The first-order valence-electron chi connectivity index (χ1n) is 7.74. The molecular weight excluding hydrogens is 309 g/mol. The monoisotopic (exact) mass is 327 g/mol. The van der Waals surface area contributed by atoms with E-state index in [9.17, 15) is 14.0 Å². The Morgan fingerprint density at radius 3 is 2.25 bits per heavy atom. The lowest BCUT2D eigenvalue weighted by atomic mass is 9.63. The van der Waals surface area contributed by atoms with E-state index in [-0.39, 0.29) is 11.7 Å². The summed E-state index contributed by atoms with van der Waals surface area (Å²) in [5, 5.41) is 5.33. The minimum absolute atomic E-state index is 0.171. The number of amides is 3. The van der Waals surface area contributed by atoms with Gasteiger partial charge in [-0.1, -0.05) is 24.6 Å². The smallest absolute Gasteiger partial charge is 0.316 e. The van der Waals surface area contributed by atoms with Crippen molar-refractivity contribution in [2.45, 2.75) is 24.7 Å². The predicted octanol–water partition coefficient (Wildman–Crippen LogP) is 3.38. The molecule has 3 rings (SSSR count). The van der Waals surface area contributed by atoms with Crippen LogP contribution in [0.4, 0.5) is 20.6 Å². The van der Waals surface area contributed by atoms with Gasteiger partial charge in [-0.2, -0.15) is 0 Å². The van der Waals surface area contributed by atoms with Crippen molar-refractivity contribution in [1.29, 1.82) is 0 Å². The fourth-order valence-corrected chi connectivity index (χ4v) is 3.03. The van der Waals surface area contributed by atoms with Crippen molar-refractivity contribution in [2.24, 2.45) is 5.73 Å². The second-order valence-corrected chi connectivity index (χ2v) is 5.97. The molecule has 0 unspecified atom stereocenters. The molecule has 6 heteroatoms. The summed E-state index contributed by atoms with van der Waals surface area (Å²) in [5.74, 6) is -0.519. The molecule has 3 amide bonds. The van der Waals surface area contributed by atoms with Crippen molar-refractivity contribution < 1.29 is 14.0 Å². The van der Waals surface area contributed by atoms with Gasteiger partial charge in [0.25, 0.3) is 0 Å². The summed E-state index contributed by atoms with van der Waals surface area (Å²) >= 11 is 0. The van der Waals surface area contributed by atoms with Crippen molar-refractivity contribution in [2.75, 3.05) is 10.6 Å². The second-order valence-electron chi connectivity index (χ2n) is 5.97. The first-order valence-corrected chi connectivity index (χ1v) is 7.74. The minimum atomic E-state index is -0.699. The van der Waals surface area contributed by atoms with Gasteiger partial charge in [-0.25, -0.2) is 9.18 Å². The molecule has 1 saturated carbocycles. The van der Waals surface area contributed by atoms with Gasteiger partial charge in [0, 0.05) is 11.4 Å². The fourth-order valence-electron chi connectivity index (χ4n) is 3.03. The zero-order valence-electron chi connectivity index (χ0n) is 13.0. The lowest BCUT2D eigenvalue weighted by molar-refractivity contribution is -0.124. The maximum Gasteiger partial charge on any atom is 0.316 e. The number of benzene rings is 2. The van der Waals surface area contributed by atoms with Gasteiger partial charge in [-0.05, 0) is 48.7 Å². The number of rotatable bonds is 4. The number of primary amides is 1. The number of carbonyl (C=O) groups excluding carboxylic acids is 2. The van der Waals surface area contributed by atoms with E-state index in [2.05, 4.69) is 10.6 Å². The number of nitrogens with two attached hydrogens (primary N) is 1. The van der Waals surface area contributed by atoms with Crippen LogP contribution in [-0.4, -0.2) is 11.9 Å². The topological polar surface area (TPSA) is 84.2 Å². The van der Waals surface area contributed by atoms with Gasteiger partial charge in [0.1, 0.15) is 5.82 Å². The highest BCUT2D eigenvalue weighted by molar-refractivity contribution is 6.00. The zero-order valence-corrected chi connectivity index (χ0v) is 13.0. The second kappa shape index (κ2) is 6.31. The Bertz CT molecular complexity index is 787. The molecule has 0 bridgehead atoms. The van der Waals surface area contributed by atoms with Crippen LogP contribution in [0.3, 0.4) is 0 Å². The molecule has 124 valence electrons. The largest absolute Gasteiger partial charge is 0.351 e. The Morgan fingerprint density at radius 1 is 1.00 bits per heavy atom. The van der Waals surface area contributed by atoms with E-state index >= 15 is 0 Å². The third-order valence-corrected chi connectivity index (χ3v) is 4.41. The summed E-state index contributed by atoms with van der Waals surface area (Å²) in [7, 11) is 0. The molecule has 24 heavy (non-hydrogen) atoms. The molecule has 0 aliphatic heterocycles. The molecule has 0 aromatic heterocycles. The SMILES string of the molecule is NC(=O)Nc1cccc(NC(=O)C2(c3cccc(F)c3)CCC2)c1. The maximum atomic E-state index is 13.5. The van der Waals surface area contributed by atoms with Gasteiger partial charge >= 0.3 is 6.03 Å². The van der Waals surface area contributed by atoms with Crippen LogP contribution in [0.1, 0.15) is 24.8 Å². The van der Waals surface area contributed by atoms with Gasteiger partial charge < -0.3 is 16.4 Å². The molecule has 2 aromatic rings. The van der Waals surface area contributed by atoms with E-state index in [1.165, 1.54) is 12.1 Å². The van der Waals surface area contributed by atoms with E-state index in [1.54, 1.807) is 36.4 Å². The Hall–Kier alpha value is -2.89. The number of hydrogen-bond donors (Lipinski definition) is 3. The number of carbonyl (C=O) groups is 2. The molecule has 5 nitrogen and oxygen atoms in total. The zero-order chi connectivity index (χ0) is 17.2. The van der Waals surface area contributed by atoms with Crippen molar-refractivity contribution in [3.63, 3.8) is 0 Å². The molecule has 0 atom stereocenters. The van der Waals surface area contributed by atoms with E-state index in [1.807, 2.05) is 0 Å². The van der Waals surface area contributed by atoms with E-state index in [0.29, 0.717) is 29.8 Å². The van der Waals surface area contributed by atoms with Crippen LogP contribution in [0.2, 0.25) is 0 Å². The summed E-state index contributed by atoms with van der Waals surface area (Å²) in [5.41, 5.74) is 6.13. The quantitative estimate of drug-likeness (QED) is 0.804. The number of urea groups is 1. The molecule has 1 fully saturated rings. The minimum Gasteiger partial charge on any atom is -0.351 e. The van der Waals surface area contributed by atoms with Crippen molar-refractivity contribution in [3.8, 4) is 0 Å². The normalized spacial score (nSPS) is 15.2. The third-order valence-electron chi connectivity index (χ3n) is 4.41. The molecule has 4 N–H and O–H groups in total. The average Bonchev–Trinajstić information content (AvgIpc) is 2.45. The van der Waals surface area contributed by atoms with Crippen LogP contribution in [-0.2, 0) is 10.2 Å². The highest BCUT2D eigenvalue weighted by Crippen LogP contribution is 2.44. The Kier molecular flexibility index (Phi) is 4.20. The molecule has 0 spiro atoms. The molecule has 1 aliphatic carbocycles. The lowest BCUT2D eigenvalue weighted by Gasteiger charge is -2.40. The Labute approximate surface area is 139 Å². The van der Waals surface area contributed by atoms with Gasteiger partial charge in [-0.3, -0.25) is 4.79 Å². The van der Waals surface area contributed by atoms with Gasteiger partial charge in [0.05, 0.1) is 5.41 Å². The number of nitrogens with one attached hydrogen (secondary N) is 2. The number of hydrogen-bond acceptors (Lipinski definition) is 2. The van der Waals surface area contributed by atoms with E-state index in [4.69, 9.17) is 5.73 Å². The van der Waals surface area contributed by atoms with E-state index in [0.717, 1.165) is 6.42 Å². The summed E-state index contributed by atoms with van der Waals surface area (Å²) in [6.45, 7) is 0. The average molecular weight is 327 g/mol. The van der Waals surface area contributed by atoms with Crippen LogP contribution in [0, 0.1) is 5.82 Å². The highest BCUT2D eigenvalue weighted by Gasteiger charge is 2.45. The number of halogens is 1. The van der Waals surface area contributed by atoms with Crippen LogP contribution in [0.5, 0.6) is 0 Å². The van der Waals surface area contributed by atoms with E-state index < -0.39 is 11.4 Å².